The van der Waals surface area contributed by atoms with E-state index in [1.165, 1.54) is 24.9 Å². The normalized spacial score (nSPS) is 14.1. The molecule has 0 bridgehead atoms. The molecule has 1 aliphatic rings. The maximum Gasteiger partial charge on any atom is 0.246 e. The van der Waals surface area contributed by atoms with Gasteiger partial charge in [0.2, 0.25) is 5.91 Å². The number of amides is 1. The summed E-state index contributed by atoms with van der Waals surface area (Å²) in [4.78, 5) is 15.0. The molecule has 1 aliphatic heterocycles. The Hall–Kier alpha value is -3.98. The summed E-state index contributed by atoms with van der Waals surface area (Å²) >= 11 is 0. The molecule has 0 saturated carbocycles. The molecule has 1 unspecified atom stereocenters. The first-order chi connectivity index (χ1) is 16.6. The number of nitriles is 1. The number of ether oxygens (including phenoxy) is 1. The number of anilines is 3. The van der Waals surface area contributed by atoms with Gasteiger partial charge in [0.1, 0.15) is 18.4 Å². The molecule has 3 aromatic carbocycles. The van der Waals surface area contributed by atoms with E-state index in [0.717, 1.165) is 35.8 Å². The molecular formula is C28H30N4O2. The van der Waals surface area contributed by atoms with Gasteiger partial charge < -0.3 is 20.3 Å². The van der Waals surface area contributed by atoms with E-state index in [0.29, 0.717) is 12.2 Å². The van der Waals surface area contributed by atoms with Gasteiger partial charge in [-0.25, -0.2) is 0 Å². The number of piperidine rings is 1. The van der Waals surface area contributed by atoms with Crippen LogP contribution < -0.4 is 20.3 Å². The highest BCUT2D eigenvalue weighted by Gasteiger charge is 2.14. The molecule has 174 valence electrons. The van der Waals surface area contributed by atoms with Crippen LogP contribution in [0, 0.1) is 11.3 Å². The van der Waals surface area contributed by atoms with Gasteiger partial charge in [0.15, 0.2) is 0 Å². The lowest BCUT2D eigenvalue weighted by atomic mass is 10.1. The predicted octanol–water partition coefficient (Wildman–Crippen LogP) is 5.57. The lowest BCUT2D eigenvalue weighted by Crippen LogP contribution is -2.32. The molecule has 34 heavy (non-hydrogen) atoms. The first-order valence-corrected chi connectivity index (χ1v) is 11.7. The van der Waals surface area contributed by atoms with Crippen molar-refractivity contribution in [2.24, 2.45) is 0 Å². The van der Waals surface area contributed by atoms with Crippen LogP contribution >= 0.6 is 0 Å². The van der Waals surface area contributed by atoms with Crippen molar-refractivity contribution >= 4 is 23.0 Å². The first-order valence-electron chi connectivity index (χ1n) is 11.7. The Kier molecular flexibility index (Phi) is 7.67. The van der Waals surface area contributed by atoms with Crippen LogP contribution in [0.15, 0.2) is 72.8 Å². The Morgan fingerprint density at radius 2 is 1.71 bits per heavy atom. The van der Waals surface area contributed by atoms with Gasteiger partial charge >= 0.3 is 0 Å². The monoisotopic (exact) mass is 454 g/mol. The van der Waals surface area contributed by atoms with Gasteiger partial charge in [-0.1, -0.05) is 12.1 Å². The zero-order valence-electron chi connectivity index (χ0n) is 19.5. The average Bonchev–Trinajstić information content (AvgIpc) is 2.89. The van der Waals surface area contributed by atoms with Crippen LogP contribution in [-0.4, -0.2) is 25.0 Å². The fourth-order valence-corrected chi connectivity index (χ4v) is 4.02. The number of hydrogen-bond donors (Lipinski definition) is 2. The second-order valence-electron chi connectivity index (χ2n) is 8.58. The topological polar surface area (TPSA) is 77.4 Å². The molecule has 3 aromatic rings. The Morgan fingerprint density at radius 1 is 1.00 bits per heavy atom. The number of benzene rings is 3. The first kappa shape index (κ1) is 23.2. The van der Waals surface area contributed by atoms with E-state index in [1.54, 1.807) is 6.07 Å². The quantitative estimate of drug-likeness (QED) is 0.465. The number of hydrogen-bond acceptors (Lipinski definition) is 5. The lowest BCUT2D eigenvalue weighted by molar-refractivity contribution is -0.116. The largest absolute Gasteiger partial charge is 0.489 e. The summed E-state index contributed by atoms with van der Waals surface area (Å²) in [6.07, 6.45) is 3.79. The third-order valence-electron chi connectivity index (χ3n) is 5.95. The molecule has 0 spiro atoms. The smallest absolute Gasteiger partial charge is 0.246 e. The number of nitrogens with zero attached hydrogens (tertiary/aromatic N) is 2. The molecule has 0 aliphatic carbocycles. The molecule has 4 rings (SSSR count). The fourth-order valence-electron chi connectivity index (χ4n) is 4.02. The SMILES string of the molecule is CC(Nc1ccc(OCc2cccc(C#N)c2)cc1)C(=O)Nc1ccc(N2CCCCC2)cc1. The highest BCUT2D eigenvalue weighted by molar-refractivity contribution is 5.96. The van der Waals surface area contributed by atoms with Gasteiger partial charge in [-0.2, -0.15) is 5.26 Å². The van der Waals surface area contributed by atoms with Gasteiger partial charge in [0.05, 0.1) is 11.6 Å². The molecule has 2 N–H and O–H groups in total. The molecule has 1 atom stereocenters. The standard InChI is InChI=1S/C28H30N4O2/c1-21(28(33)31-25-8-12-26(13-9-25)32-16-3-2-4-17-32)30-24-10-14-27(15-11-24)34-20-23-7-5-6-22(18-23)19-29/h5-15,18,21,30H,2-4,16-17,20H2,1H3,(H,31,33). The Labute approximate surface area is 201 Å². The zero-order valence-corrected chi connectivity index (χ0v) is 19.5. The molecule has 6 heteroatoms. The maximum atomic E-state index is 12.7. The van der Waals surface area contributed by atoms with E-state index in [1.807, 2.05) is 61.5 Å². The van der Waals surface area contributed by atoms with E-state index in [-0.39, 0.29) is 5.91 Å². The van der Waals surface area contributed by atoms with Gasteiger partial charge in [0, 0.05) is 30.2 Å². The Bertz CT molecular complexity index is 1130. The minimum atomic E-state index is -0.401. The van der Waals surface area contributed by atoms with E-state index in [9.17, 15) is 4.79 Å². The number of rotatable bonds is 8. The summed E-state index contributed by atoms with van der Waals surface area (Å²) in [5.74, 6) is 0.627. The van der Waals surface area contributed by atoms with Crippen LogP contribution in [0.2, 0.25) is 0 Å². The lowest BCUT2D eigenvalue weighted by Gasteiger charge is -2.28. The van der Waals surface area contributed by atoms with Crippen molar-refractivity contribution in [1.82, 2.24) is 0 Å². The third-order valence-corrected chi connectivity index (χ3v) is 5.95. The van der Waals surface area contributed by atoms with Crippen molar-refractivity contribution in [3.05, 3.63) is 83.9 Å². The van der Waals surface area contributed by atoms with Crippen molar-refractivity contribution in [3.8, 4) is 11.8 Å². The maximum absolute atomic E-state index is 12.7. The van der Waals surface area contributed by atoms with Crippen LogP contribution in [0.5, 0.6) is 5.75 Å². The highest BCUT2D eigenvalue weighted by Crippen LogP contribution is 2.22. The van der Waals surface area contributed by atoms with E-state index in [4.69, 9.17) is 10.00 Å². The molecule has 1 saturated heterocycles. The van der Waals surface area contributed by atoms with Crippen LogP contribution in [0.3, 0.4) is 0 Å². The van der Waals surface area contributed by atoms with Crippen molar-refractivity contribution in [3.63, 3.8) is 0 Å². The van der Waals surface area contributed by atoms with E-state index >= 15 is 0 Å². The minimum Gasteiger partial charge on any atom is -0.489 e. The number of carbonyl (C=O) groups is 1. The molecule has 6 nitrogen and oxygen atoms in total. The average molecular weight is 455 g/mol. The van der Waals surface area contributed by atoms with Crippen molar-refractivity contribution in [2.75, 3.05) is 28.6 Å². The summed E-state index contributed by atoms with van der Waals surface area (Å²) in [7, 11) is 0. The predicted molar refractivity (Wildman–Crippen MR) is 136 cm³/mol. The Morgan fingerprint density at radius 3 is 2.41 bits per heavy atom. The van der Waals surface area contributed by atoms with Gasteiger partial charge in [-0.05, 0) is 92.4 Å². The summed E-state index contributed by atoms with van der Waals surface area (Å²) < 4.78 is 5.81. The van der Waals surface area contributed by atoms with E-state index < -0.39 is 6.04 Å². The molecule has 0 aromatic heterocycles. The van der Waals surface area contributed by atoms with Crippen molar-refractivity contribution in [1.29, 1.82) is 5.26 Å². The molecule has 1 heterocycles. The minimum absolute atomic E-state index is 0.0941. The van der Waals surface area contributed by atoms with E-state index in [2.05, 4.69) is 33.7 Å². The molecule has 1 amide bonds. The van der Waals surface area contributed by atoms with Gasteiger partial charge in [0.25, 0.3) is 0 Å². The Balaban J connectivity index is 1.26. The van der Waals surface area contributed by atoms with Crippen LogP contribution in [0.25, 0.3) is 0 Å². The third kappa shape index (κ3) is 6.29. The number of carbonyl (C=O) groups excluding carboxylic acids is 1. The summed E-state index contributed by atoms with van der Waals surface area (Å²) in [6, 6.07) is 24.7. The summed E-state index contributed by atoms with van der Waals surface area (Å²) in [6.45, 7) is 4.43. The van der Waals surface area contributed by atoms with Gasteiger partial charge in [-0.15, -0.1) is 0 Å². The van der Waals surface area contributed by atoms with Crippen molar-refractivity contribution < 1.29 is 9.53 Å². The fraction of sp³-hybridized carbons (Fsp3) is 0.286. The van der Waals surface area contributed by atoms with Crippen LogP contribution in [-0.2, 0) is 11.4 Å². The van der Waals surface area contributed by atoms with Crippen LogP contribution in [0.4, 0.5) is 17.1 Å². The number of nitrogens with one attached hydrogen (secondary N) is 2. The van der Waals surface area contributed by atoms with Crippen molar-refractivity contribution in [2.45, 2.75) is 38.8 Å². The summed E-state index contributed by atoms with van der Waals surface area (Å²) in [5, 5.41) is 15.2. The molecular weight excluding hydrogens is 424 g/mol. The highest BCUT2D eigenvalue weighted by atomic mass is 16.5. The van der Waals surface area contributed by atoms with Gasteiger partial charge in [-0.3, -0.25) is 4.79 Å². The molecule has 0 radical (unpaired) electrons. The second kappa shape index (κ2) is 11.2. The summed E-state index contributed by atoms with van der Waals surface area (Å²) in [5.41, 5.74) is 4.40. The second-order valence-corrected chi connectivity index (χ2v) is 8.58. The zero-order chi connectivity index (χ0) is 23.8. The molecule has 1 fully saturated rings. The van der Waals surface area contributed by atoms with Crippen LogP contribution in [0.1, 0.15) is 37.3 Å².